The molecule has 8 nitrogen and oxygen atoms in total. The van der Waals surface area contributed by atoms with Crippen molar-refractivity contribution in [2.24, 2.45) is 0 Å². The quantitative estimate of drug-likeness (QED) is 0.120. The molecule has 210 valence electrons. The molecule has 40 heavy (non-hydrogen) atoms. The van der Waals surface area contributed by atoms with Crippen molar-refractivity contribution in [1.29, 1.82) is 0 Å². The Morgan fingerprint density at radius 2 is 1.85 bits per heavy atom. The molecule has 4 rings (SSSR count). The number of alkyl halides is 3. The van der Waals surface area contributed by atoms with E-state index < -0.39 is 15.9 Å². The Morgan fingerprint density at radius 1 is 1.12 bits per heavy atom. The zero-order valence-corrected chi connectivity index (χ0v) is 25.1. The summed E-state index contributed by atoms with van der Waals surface area (Å²) in [6.45, 7) is 0.423. The number of hydrogen-bond donors (Lipinski definition) is 1. The molecular weight excluding hydrogens is 619 g/mol. The van der Waals surface area contributed by atoms with Gasteiger partial charge in [-0.2, -0.15) is 0 Å². The van der Waals surface area contributed by atoms with Gasteiger partial charge < -0.3 is 23.9 Å². The molecule has 0 spiro atoms. The third-order valence-electron chi connectivity index (χ3n) is 5.68. The normalized spacial score (nSPS) is 15.3. The smallest absolute Gasteiger partial charge is 0.289 e. The SMILES string of the molecule is COc1ccc(CCN2C(=O)C(=Cc3ccc(OC(NC(=O)c4ccco4)C(Cl)(Cl)Cl)cc3)SC2=S)cc1OC. The summed E-state index contributed by atoms with van der Waals surface area (Å²) in [6, 6.07) is 15.4. The maximum absolute atomic E-state index is 13.1. The van der Waals surface area contributed by atoms with Crippen LogP contribution in [-0.4, -0.2) is 51.8 Å². The van der Waals surface area contributed by atoms with E-state index in [9.17, 15) is 9.59 Å². The summed E-state index contributed by atoms with van der Waals surface area (Å²) >= 11 is 24.8. The number of nitrogens with one attached hydrogen (secondary N) is 1. The minimum atomic E-state index is -1.97. The lowest BCUT2D eigenvalue weighted by molar-refractivity contribution is -0.122. The molecule has 1 aliphatic rings. The second kappa shape index (κ2) is 13.2. The Morgan fingerprint density at radius 3 is 2.48 bits per heavy atom. The van der Waals surface area contributed by atoms with Crippen LogP contribution in [-0.2, 0) is 11.2 Å². The number of thioether (sulfide) groups is 1. The summed E-state index contributed by atoms with van der Waals surface area (Å²) in [5, 5.41) is 2.49. The van der Waals surface area contributed by atoms with Crippen LogP contribution >= 0.6 is 58.8 Å². The summed E-state index contributed by atoms with van der Waals surface area (Å²) < 4.78 is 19.9. The number of hydrogen-bond acceptors (Lipinski definition) is 8. The van der Waals surface area contributed by atoms with Crippen LogP contribution < -0.4 is 19.5 Å². The van der Waals surface area contributed by atoms with Gasteiger partial charge in [-0.05, 0) is 60.0 Å². The van der Waals surface area contributed by atoms with E-state index in [2.05, 4.69) is 5.32 Å². The Kier molecular flexibility index (Phi) is 9.91. The van der Waals surface area contributed by atoms with E-state index in [4.69, 9.17) is 65.6 Å². The van der Waals surface area contributed by atoms with E-state index in [0.29, 0.717) is 39.4 Å². The standard InChI is InChI=1S/C27H23Cl3N2O6S2/c1-35-19-10-7-17(14-21(19)36-2)11-12-32-24(34)22(40-26(32)39)15-16-5-8-18(9-6-16)38-25(27(28,29)30)31-23(33)20-4-3-13-37-20/h3-10,13-15,25H,11-12H2,1-2H3,(H,31,33). The largest absolute Gasteiger partial charge is 0.493 e. The van der Waals surface area contributed by atoms with E-state index >= 15 is 0 Å². The average Bonchev–Trinajstić information content (AvgIpc) is 3.56. The van der Waals surface area contributed by atoms with Gasteiger partial charge in [0.05, 0.1) is 25.4 Å². The summed E-state index contributed by atoms with van der Waals surface area (Å²) in [5.74, 6) is 0.851. The predicted molar refractivity (Wildman–Crippen MR) is 160 cm³/mol. The minimum Gasteiger partial charge on any atom is -0.493 e. The fourth-order valence-corrected chi connectivity index (χ4v) is 5.28. The number of nitrogens with zero attached hydrogens (tertiary/aromatic N) is 1. The van der Waals surface area contributed by atoms with Gasteiger partial charge in [-0.1, -0.05) is 77.0 Å². The Bertz CT molecular complexity index is 1410. The zero-order valence-electron chi connectivity index (χ0n) is 21.2. The Labute approximate surface area is 255 Å². The van der Waals surface area contributed by atoms with E-state index in [1.54, 1.807) is 55.5 Å². The van der Waals surface area contributed by atoms with Gasteiger partial charge in [0.15, 0.2) is 17.3 Å². The lowest BCUT2D eigenvalue weighted by atomic mass is 10.1. The van der Waals surface area contributed by atoms with E-state index in [-0.39, 0.29) is 11.7 Å². The molecular formula is C27H23Cl3N2O6S2. The lowest BCUT2D eigenvalue weighted by Gasteiger charge is -2.26. The molecule has 2 heterocycles. The van der Waals surface area contributed by atoms with Crippen molar-refractivity contribution in [1.82, 2.24) is 10.2 Å². The Balaban J connectivity index is 1.39. The summed E-state index contributed by atoms with van der Waals surface area (Å²) in [7, 11) is 3.15. The van der Waals surface area contributed by atoms with Gasteiger partial charge >= 0.3 is 0 Å². The lowest BCUT2D eigenvalue weighted by Crippen LogP contribution is -2.47. The van der Waals surface area contributed by atoms with Gasteiger partial charge in [0.1, 0.15) is 10.1 Å². The second-order valence-corrected chi connectivity index (χ2v) is 12.4. The molecule has 1 fully saturated rings. The summed E-state index contributed by atoms with van der Waals surface area (Å²) in [5.41, 5.74) is 1.72. The van der Waals surface area contributed by atoms with Crippen LogP contribution in [0.4, 0.5) is 0 Å². The first-order valence-corrected chi connectivity index (χ1v) is 14.1. The molecule has 0 saturated carbocycles. The topological polar surface area (TPSA) is 90.2 Å². The number of halogens is 3. The molecule has 3 aromatic rings. The van der Waals surface area contributed by atoms with Crippen molar-refractivity contribution < 1.29 is 28.2 Å². The van der Waals surface area contributed by atoms with Gasteiger partial charge in [0.2, 0.25) is 10.0 Å². The van der Waals surface area contributed by atoms with Crippen molar-refractivity contribution in [2.45, 2.75) is 16.4 Å². The molecule has 1 atom stereocenters. The number of amides is 2. The molecule has 1 saturated heterocycles. The molecule has 0 radical (unpaired) electrons. The van der Waals surface area contributed by atoms with Crippen LogP contribution in [0.2, 0.25) is 0 Å². The molecule has 1 unspecified atom stereocenters. The number of methoxy groups -OCH3 is 2. The van der Waals surface area contributed by atoms with Gasteiger partial charge in [-0.3, -0.25) is 14.5 Å². The van der Waals surface area contributed by atoms with E-state index in [1.807, 2.05) is 18.2 Å². The number of thiocarbonyl (C=S) groups is 1. The van der Waals surface area contributed by atoms with Gasteiger partial charge in [-0.15, -0.1) is 0 Å². The molecule has 1 aliphatic heterocycles. The summed E-state index contributed by atoms with van der Waals surface area (Å²) in [4.78, 5) is 27.5. The van der Waals surface area contributed by atoms with Crippen LogP contribution in [0.15, 0.2) is 70.2 Å². The number of ether oxygens (including phenoxy) is 3. The van der Waals surface area contributed by atoms with Crippen LogP contribution in [0.3, 0.4) is 0 Å². The third-order valence-corrected chi connectivity index (χ3v) is 7.65. The summed E-state index contributed by atoms with van der Waals surface area (Å²) in [6.07, 6.45) is 2.38. The molecule has 2 aromatic carbocycles. The zero-order chi connectivity index (χ0) is 28.9. The monoisotopic (exact) mass is 640 g/mol. The van der Waals surface area contributed by atoms with Crippen molar-refractivity contribution in [3.05, 3.63) is 82.7 Å². The van der Waals surface area contributed by atoms with Crippen molar-refractivity contribution in [3.63, 3.8) is 0 Å². The number of benzene rings is 2. The number of carbonyl (C=O) groups excluding carboxylic acids is 2. The highest BCUT2D eigenvalue weighted by Crippen LogP contribution is 2.35. The van der Waals surface area contributed by atoms with Crippen molar-refractivity contribution >= 4 is 81.0 Å². The molecule has 2 amide bonds. The van der Waals surface area contributed by atoms with Gasteiger partial charge in [0.25, 0.3) is 11.8 Å². The van der Waals surface area contributed by atoms with E-state index in [1.165, 1.54) is 24.1 Å². The molecule has 0 bridgehead atoms. The predicted octanol–water partition coefficient (Wildman–Crippen LogP) is 6.25. The fraction of sp³-hybridized carbons (Fsp3) is 0.222. The second-order valence-electron chi connectivity index (χ2n) is 8.33. The third kappa shape index (κ3) is 7.44. The maximum atomic E-state index is 13.1. The average molecular weight is 642 g/mol. The first kappa shape index (κ1) is 30.1. The number of carbonyl (C=O) groups is 2. The van der Waals surface area contributed by atoms with Crippen LogP contribution in [0, 0.1) is 0 Å². The number of rotatable bonds is 10. The molecule has 1 aromatic heterocycles. The van der Waals surface area contributed by atoms with Crippen LogP contribution in [0.5, 0.6) is 17.2 Å². The minimum absolute atomic E-state index is 0.0410. The maximum Gasteiger partial charge on any atom is 0.289 e. The first-order chi connectivity index (χ1) is 19.1. The van der Waals surface area contributed by atoms with Gasteiger partial charge in [0, 0.05) is 6.54 Å². The van der Waals surface area contributed by atoms with Gasteiger partial charge in [-0.25, -0.2) is 0 Å². The van der Waals surface area contributed by atoms with Crippen molar-refractivity contribution in [2.75, 3.05) is 20.8 Å². The Hall–Kier alpha value is -2.89. The van der Waals surface area contributed by atoms with Crippen LogP contribution in [0.25, 0.3) is 6.08 Å². The highest BCUT2D eigenvalue weighted by molar-refractivity contribution is 8.26. The molecule has 13 heteroatoms. The highest BCUT2D eigenvalue weighted by Gasteiger charge is 2.37. The first-order valence-electron chi connectivity index (χ1n) is 11.7. The number of furan rings is 1. The van der Waals surface area contributed by atoms with E-state index in [0.717, 1.165) is 11.1 Å². The molecule has 0 aliphatic carbocycles. The van der Waals surface area contributed by atoms with Crippen molar-refractivity contribution in [3.8, 4) is 17.2 Å². The fourth-order valence-electron chi connectivity index (χ4n) is 3.68. The molecule has 1 N–H and O–H groups in total. The highest BCUT2D eigenvalue weighted by atomic mass is 35.6. The van der Waals surface area contributed by atoms with Crippen LogP contribution in [0.1, 0.15) is 21.7 Å².